The second-order valence-electron chi connectivity index (χ2n) is 6.28. The van der Waals surface area contributed by atoms with Gasteiger partial charge in [0.15, 0.2) is 0 Å². The van der Waals surface area contributed by atoms with Gasteiger partial charge in [0.2, 0.25) is 0 Å². The van der Waals surface area contributed by atoms with Crippen molar-refractivity contribution in [3.63, 3.8) is 0 Å². The molecular formula is C16H19NO2. The van der Waals surface area contributed by atoms with Crippen molar-refractivity contribution in [2.24, 2.45) is 0 Å². The minimum absolute atomic E-state index is 0.266. The van der Waals surface area contributed by atoms with E-state index >= 15 is 0 Å². The van der Waals surface area contributed by atoms with E-state index < -0.39 is 5.60 Å². The van der Waals surface area contributed by atoms with Gasteiger partial charge in [-0.05, 0) is 51.2 Å². The molecule has 0 spiro atoms. The Hall–Kier alpha value is -1.77. The summed E-state index contributed by atoms with van der Waals surface area (Å²) in [6, 6.07) is 6.31. The zero-order valence-corrected chi connectivity index (χ0v) is 11.6. The molecule has 3 rings (SSSR count). The van der Waals surface area contributed by atoms with Crippen molar-refractivity contribution < 1.29 is 9.53 Å². The van der Waals surface area contributed by atoms with E-state index in [9.17, 15) is 4.79 Å². The van der Waals surface area contributed by atoms with Crippen LogP contribution in [0.25, 0.3) is 10.9 Å². The Morgan fingerprint density at radius 3 is 2.68 bits per heavy atom. The van der Waals surface area contributed by atoms with E-state index in [1.165, 1.54) is 18.4 Å². The van der Waals surface area contributed by atoms with E-state index in [0.717, 1.165) is 16.8 Å². The molecule has 3 nitrogen and oxygen atoms in total. The molecule has 1 aromatic heterocycles. The van der Waals surface area contributed by atoms with Crippen molar-refractivity contribution in [1.29, 1.82) is 0 Å². The number of esters is 1. The molecule has 0 aliphatic heterocycles. The van der Waals surface area contributed by atoms with Crippen LogP contribution in [0.4, 0.5) is 0 Å². The molecule has 1 aliphatic carbocycles. The van der Waals surface area contributed by atoms with Crippen LogP contribution in [-0.4, -0.2) is 16.6 Å². The van der Waals surface area contributed by atoms with E-state index in [1.54, 1.807) is 6.20 Å². The number of benzene rings is 1. The second-order valence-corrected chi connectivity index (χ2v) is 6.28. The molecule has 1 heterocycles. The van der Waals surface area contributed by atoms with E-state index in [4.69, 9.17) is 4.74 Å². The fraction of sp³-hybridized carbons (Fsp3) is 0.438. The largest absolute Gasteiger partial charge is 0.456 e. The van der Waals surface area contributed by atoms with Gasteiger partial charge >= 0.3 is 5.97 Å². The second kappa shape index (κ2) is 4.12. The van der Waals surface area contributed by atoms with Crippen LogP contribution in [0, 0.1) is 0 Å². The number of rotatable bonds is 2. The normalized spacial score (nSPS) is 15.7. The van der Waals surface area contributed by atoms with Crippen LogP contribution in [0.2, 0.25) is 0 Å². The van der Waals surface area contributed by atoms with Crippen molar-refractivity contribution in [2.45, 2.75) is 45.1 Å². The minimum atomic E-state index is -0.464. The molecule has 3 heteroatoms. The smallest absolute Gasteiger partial charge is 0.340 e. The average Bonchev–Trinajstić information content (AvgIpc) is 3.06. The van der Waals surface area contributed by atoms with Gasteiger partial charge in [0.1, 0.15) is 5.60 Å². The number of aromatic amines is 1. The van der Waals surface area contributed by atoms with Gasteiger partial charge in [-0.1, -0.05) is 12.1 Å². The third kappa shape index (κ3) is 2.50. The Bertz CT molecular complexity index is 630. The predicted octanol–water partition coefficient (Wildman–Crippen LogP) is 4.00. The number of carbonyl (C=O) groups excluding carboxylic acids is 1. The van der Waals surface area contributed by atoms with Crippen LogP contribution in [0.5, 0.6) is 0 Å². The zero-order chi connectivity index (χ0) is 13.6. The summed E-state index contributed by atoms with van der Waals surface area (Å²) >= 11 is 0. The zero-order valence-electron chi connectivity index (χ0n) is 11.6. The Balaban J connectivity index is 1.94. The Morgan fingerprint density at radius 1 is 1.32 bits per heavy atom. The Labute approximate surface area is 113 Å². The summed E-state index contributed by atoms with van der Waals surface area (Å²) < 4.78 is 5.42. The highest BCUT2D eigenvalue weighted by Gasteiger charge is 2.25. The molecular weight excluding hydrogens is 238 g/mol. The minimum Gasteiger partial charge on any atom is -0.456 e. The molecule has 0 saturated heterocycles. The van der Waals surface area contributed by atoms with Crippen molar-refractivity contribution in [1.82, 2.24) is 4.98 Å². The third-order valence-corrected chi connectivity index (χ3v) is 3.37. The quantitative estimate of drug-likeness (QED) is 0.826. The lowest BCUT2D eigenvalue weighted by atomic mass is 10.1. The number of fused-ring (bicyclic) bond motifs is 1. The number of hydrogen-bond acceptors (Lipinski definition) is 2. The van der Waals surface area contributed by atoms with Crippen LogP contribution in [0.1, 0.15) is 55.5 Å². The summed E-state index contributed by atoms with van der Waals surface area (Å²) in [7, 11) is 0. The summed E-state index contributed by atoms with van der Waals surface area (Å²) in [5.74, 6) is 0.454. The molecule has 1 N–H and O–H groups in total. The van der Waals surface area contributed by atoms with Crippen molar-refractivity contribution in [2.75, 3.05) is 0 Å². The number of hydrogen-bond donors (Lipinski definition) is 1. The number of ether oxygens (including phenoxy) is 1. The standard InChI is InChI=1S/C16H19NO2/c1-16(2,3)19-15(18)13-9-17-14-8-11(10-4-5-10)6-7-12(13)14/h6-10,17H,4-5H2,1-3H3. The van der Waals surface area contributed by atoms with Gasteiger partial charge in [-0.25, -0.2) is 4.79 Å². The van der Waals surface area contributed by atoms with Gasteiger partial charge in [-0.15, -0.1) is 0 Å². The van der Waals surface area contributed by atoms with Crippen LogP contribution in [0.3, 0.4) is 0 Å². The van der Waals surface area contributed by atoms with E-state index in [0.29, 0.717) is 5.56 Å². The molecule has 0 atom stereocenters. The van der Waals surface area contributed by atoms with Gasteiger partial charge in [0, 0.05) is 17.1 Å². The summed E-state index contributed by atoms with van der Waals surface area (Å²) in [6.07, 6.45) is 4.31. The van der Waals surface area contributed by atoms with Crippen LogP contribution in [0.15, 0.2) is 24.4 Å². The van der Waals surface area contributed by atoms with E-state index in [1.807, 2.05) is 26.8 Å². The van der Waals surface area contributed by atoms with Crippen molar-refractivity contribution in [3.8, 4) is 0 Å². The summed E-state index contributed by atoms with van der Waals surface area (Å²) in [5.41, 5.74) is 2.54. The number of carbonyl (C=O) groups is 1. The van der Waals surface area contributed by atoms with Crippen LogP contribution >= 0.6 is 0 Å². The topological polar surface area (TPSA) is 42.1 Å². The maximum absolute atomic E-state index is 12.1. The summed E-state index contributed by atoms with van der Waals surface area (Å²) in [4.78, 5) is 15.3. The van der Waals surface area contributed by atoms with Gasteiger partial charge < -0.3 is 9.72 Å². The van der Waals surface area contributed by atoms with E-state index in [2.05, 4.69) is 17.1 Å². The number of nitrogens with one attached hydrogen (secondary N) is 1. The lowest BCUT2D eigenvalue weighted by Gasteiger charge is -2.19. The van der Waals surface area contributed by atoms with E-state index in [-0.39, 0.29) is 5.97 Å². The van der Waals surface area contributed by atoms with Crippen molar-refractivity contribution in [3.05, 3.63) is 35.5 Å². The number of H-pyrrole nitrogens is 1. The highest BCUT2D eigenvalue weighted by Crippen LogP contribution is 2.41. The highest BCUT2D eigenvalue weighted by molar-refractivity contribution is 6.04. The molecule has 1 aromatic carbocycles. The molecule has 1 fully saturated rings. The maximum Gasteiger partial charge on any atom is 0.340 e. The molecule has 0 radical (unpaired) electrons. The predicted molar refractivity (Wildman–Crippen MR) is 75.4 cm³/mol. The molecule has 0 bridgehead atoms. The first-order chi connectivity index (χ1) is 8.94. The molecule has 100 valence electrons. The summed E-state index contributed by atoms with van der Waals surface area (Å²) in [5, 5.41) is 0.943. The van der Waals surface area contributed by atoms with Crippen molar-refractivity contribution >= 4 is 16.9 Å². The first-order valence-corrected chi connectivity index (χ1v) is 6.78. The molecule has 0 unspecified atom stereocenters. The SMILES string of the molecule is CC(C)(C)OC(=O)c1c[nH]c2cc(C3CC3)ccc12. The van der Waals surface area contributed by atoms with Crippen LogP contribution in [-0.2, 0) is 4.74 Å². The molecule has 1 saturated carbocycles. The van der Waals surface area contributed by atoms with Gasteiger partial charge in [0.05, 0.1) is 5.56 Å². The first kappa shape index (κ1) is 12.3. The fourth-order valence-corrected chi connectivity index (χ4v) is 2.32. The Kier molecular flexibility index (Phi) is 2.66. The molecule has 0 amide bonds. The third-order valence-electron chi connectivity index (χ3n) is 3.37. The molecule has 1 aliphatic rings. The fourth-order valence-electron chi connectivity index (χ4n) is 2.32. The Morgan fingerprint density at radius 2 is 2.05 bits per heavy atom. The lowest BCUT2D eigenvalue weighted by Crippen LogP contribution is -2.23. The monoisotopic (exact) mass is 257 g/mol. The van der Waals surface area contributed by atoms with Gasteiger partial charge in [0.25, 0.3) is 0 Å². The number of aromatic nitrogens is 1. The van der Waals surface area contributed by atoms with Gasteiger partial charge in [-0.3, -0.25) is 0 Å². The molecule has 19 heavy (non-hydrogen) atoms. The highest BCUT2D eigenvalue weighted by atomic mass is 16.6. The average molecular weight is 257 g/mol. The maximum atomic E-state index is 12.1. The lowest BCUT2D eigenvalue weighted by molar-refractivity contribution is 0.00719. The first-order valence-electron chi connectivity index (χ1n) is 6.78. The van der Waals surface area contributed by atoms with Crippen LogP contribution < -0.4 is 0 Å². The summed E-state index contributed by atoms with van der Waals surface area (Å²) in [6.45, 7) is 5.64. The molecule has 2 aromatic rings. The van der Waals surface area contributed by atoms with Gasteiger partial charge in [-0.2, -0.15) is 0 Å².